The normalized spacial score (nSPS) is 33.4. The van der Waals surface area contributed by atoms with E-state index in [4.69, 9.17) is 4.52 Å². The molecule has 1 amide bonds. The van der Waals surface area contributed by atoms with Gasteiger partial charge in [0.2, 0.25) is 0 Å². The van der Waals surface area contributed by atoms with Crippen LogP contribution in [-0.2, 0) is 10.2 Å². The largest absolute Gasteiger partial charge is 0.360 e. The number of hydrogen-bond acceptors (Lipinski definition) is 5. The van der Waals surface area contributed by atoms with Crippen molar-refractivity contribution >= 4 is 16.1 Å². The maximum Gasteiger partial charge on any atom is 0.282 e. The molecular formula is C22H32N4O4S. The summed E-state index contributed by atoms with van der Waals surface area (Å²) in [5, 5.41) is 7.02. The molecule has 1 aromatic heterocycles. The maximum absolute atomic E-state index is 13.5. The number of aromatic nitrogens is 1. The monoisotopic (exact) mass is 448 g/mol. The molecule has 5 fully saturated rings. The predicted octanol–water partition coefficient (Wildman–Crippen LogP) is 2.79. The number of amides is 1. The van der Waals surface area contributed by atoms with Crippen LogP contribution in [0.25, 0.3) is 0 Å². The number of rotatable bonds is 5. The van der Waals surface area contributed by atoms with E-state index in [9.17, 15) is 13.2 Å². The molecule has 3 atom stereocenters. The first-order valence-electron chi connectivity index (χ1n) is 12.0. The number of piperidine rings is 2. The number of carbonyl (C=O) groups excluding carboxylic acids is 1. The van der Waals surface area contributed by atoms with Gasteiger partial charge in [0.15, 0.2) is 5.69 Å². The number of carbonyl (C=O) groups is 1. The molecule has 3 saturated heterocycles. The highest BCUT2D eigenvalue weighted by Crippen LogP contribution is 2.50. The summed E-state index contributed by atoms with van der Waals surface area (Å²) in [6.07, 6.45) is 11.2. The zero-order valence-electron chi connectivity index (χ0n) is 18.0. The SMILES string of the molecule is O=C(NC1C[C@H]2CC[C@@H](C1)N2S(=O)(=O)N1CCC2(CCC2)CC1)c1cc(C2CC2)on1. The van der Waals surface area contributed by atoms with E-state index in [2.05, 4.69) is 10.5 Å². The van der Waals surface area contributed by atoms with Gasteiger partial charge in [-0.05, 0) is 69.6 Å². The fourth-order valence-corrected chi connectivity index (χ4v) is 8.39. The minimum atomic E-state index is -3.43. The molecule has 31 heavy (non-hydrogen) atoms. The maximum atomic E-state index is 13.5. The van der Waals surface area contributed by atoms with E-state index in [1.54, 1.807) is 14.7 Å². The topological polar surface area (TPSA) is 95.8 Å². The Bertz CT molecular complexity index is 944. The van der Waals surface area contributed by atoms with Crippen LogP contribution in [0.1, 0.15) is 92.8 Å². The third-order valence-electron chi connectivity index (χ3n) is 8.53. The van der Waals surface area contributed by atoms with Crippen molar-refractivity contribution in [3.63, 3.8) is 0 Å². The van der Waals surface area contributed by atoms with Crippen molar-refractivity contribution in [1.29, 1.82) is 0 Å². The molecule has 5 aliphatic rings. The van der Waals surface area contributed by atoms with E-state index in [1.165, 1.54) is 19.3 Å². The van der Waals surface area contributed by atoms with Crippen LogP contribution in [0.4, 0.5) is 0 Å². The molecule has 1 aromatic rings. The lowest BCUT2D eigenvalue weighted by molar-refractivity contribution is 0.0569. The molecule has 1 unspecified atom stereocenters. The van der Waals surface area contributed by atoms with Crippen molar-refractivity contribution in [2.75, 3.05) is 13.1 Å². The Labute approximate surface area is 183 Å². The minimum absolute atomic E-state index is 0.0165. The van der Waals surface area contributed by atoms with Gasteiger partial charge in [-0.3, -0.25) is 4.79 Å². The van der Waals surface area contributed by atoms with Gasteiger partial charge in [0, 0.05) is 43.2 Å². The van der Waals surface area contributed by atoms with Crippen LogP contribution in [-0.4, -0.2) is 59.3 Å². The lowest BCUT2D eigenvalue weighted by Crippen LogP contribution is -2.57. The quantitative estimate of drug-likeness (QED) is 0.747. The molecule has 8 nitrogen and oxygen atoms in total. The Balaban J connectivity index is 1.09. The second-order valence-electron chi connectivity index (χ2n) is 10.5. The highest BCUT2D eigenvalue weighted by molar-refractivity contribution is 7.86. The first kappa shape index (κ1) is 20.2. The molecule has 2 aliphatic carbocycles. The lowest BCUT2D eigenvalue weighted by atomic mass is 9.63. The zero-order chi connectivity index (χ0) is 21.2. The van der Waals surface area contributed by atoms with Crippen molar-refractivity contribution in [3.05, 3.63) is 17.5 Å². The fourth-order valence-electron chi connectivity index (χ4n) is 6.35. The van der Waals surface area contributed by atoms with Gasteiger partial charge in [-0.25, -0.2) is 0 Å². The van der Waals surface area contributed by atoms with Gasteiger partial charge in [0.05, 0.1) is 0 Å². The summed E-state index contributed by atoms with van der Waals surface area (Å²) in [5.74, 6) is 1.02. The van der Waals surface area contributed by atoms with E-state index in [0.717, 1.165) is 44.3 Å². The third-order valence-corrected chi connectivity index (χ3v) is 10.7. The number of nitrogens with one attached hydrogen (secondary N) is 1. The smallest absolute Gasteiger partial charge is 0.282 e. The van der Waals surface area contributed by atoms with Crippen LogP contribution in [0.2, 0.25) is 0 Å². The van der Waals surface area contributed by atoms with Gasteiger partial charge in [0.1, 0.15) is 5.76 Å². The Morgan fingerprint density at radius 1 is 1.06 bits per heavy atom. The van der Waals surface area contributed by atoms with E-state index < -0.39 is 10.2 Å². The van der Waals surface area contributed by atoms with Gasteiger partial charge in [-0.2, -0.15) is 17.0 Å². The van der Waals surface area contributed by atoms with Crippen LogP contribution < -0.4 is 5.32 Å². The van der Waals surface area contributed by atoms with Crippen molar-refractivity contribution in [2.24, 2.45) is 5.41 Å². The lowest BCUT2D eigenvalue weighted by Gasteiger charge is -2.49. The minimum Gasteiger partial charge on any atom is -0.360 e. The molecule has 9 heteroatoms. The zero-order valence-corrected chi connectivity index (χ0v) is 18.8. The second kappa shape index (κ2) is 7.28. The summed E-state index contributed by atoms with van der Waals surface area (Å²) < 4.78 is 35.8. The molecule has 1 spiro atoms. The molecule has 4 heterocycles. The van der Waals surface area contributed by atoms with Crippen molar-refractivity contribution in [2.45, 2.75) is 94.7 Å². The molecule has 3 aliphatic heterocycles. The average Bonchev–Trinajstić information content (AvgIpc) is 3.39. The molecule has 0 radical (unpaired) electrons. The number of fused-ring (bicyclic) bond motifs is 2. The molecule has 0 aromatic carbocycles. The Morgan fingerprint density at radius 2 is 1.74 bits per heavy atom. The predicted molar refractivity (Wildman–Crippen MR) is 114 cm³/mol. The molecule has 170 valence electrons. The summed E-state index contributed by atoms with van der Waals surface area (Å²) in [7, 11) is -3.43. The summed E-state index contributed by atoms with van der Waals surface area (Å²) in [5.41, 5.74) is 0.769. The van der Waals surface area contributed by atoms with Crippen LogP contribution in [0.15, 0.2) is 10.6 Å². The summed E-state index contributed by atoms with van der Waals surface area (Å²) >= 11 is 0. The molecular weight excluding hydrogens is 416 g/mol. The van der Waals surface area contributed by atoms with Gasteiger partial charge in [-0.1, -0.05) is 11.6 Å². The standard InChI is InChI=1S/C22H32N4O4S/c27-21(19-14-20(30-24-19)15-2-3-15)23-16-12-17-4-5-18(13-16)26(17)31(28,29)25-10-8-22(9-11-25)6-1-7-22/h14-18H,1-13H2,(H,23,27)/t16?,17-,18+. The number of nitrogens with zero attached hydrogens (tertiary/aromatic N) is 3. The van der Waals surface area contributed by atoms with Crippen molar-refractivity contribution < 1.29 is 17.7 Å². The van der Waals surface area contributed by atoms with Gasteiger partial charge < -0.3 is 9.84 Å². The summed E-state index contributed by atoms with van der Waals surface area (Å²) in [6, 6.07) is 1.70. The van der Waals surface area contributed by atoms with Crippen LogP contribution >= 0.6 is 0 Å². The number of hydrogen-bond donors (Lipinski definition) is 1. The van der Waals surface area contributed by atoms with Gasteiger partial charge >= 0.3 is 0 Å². The van der Waals surface area contributed by atoms with Crippen molar-refractivity contribution in [1.82, 2.24) is 19.1 Å². The van der Waals surface area contributed by atoms with E-state index in [-0.39, 0.29) is 24.0 Å². The Morgan fingerprint density at radius 3 is 2.32 bits per heavy atom. The van der Waals surface area contributed by atoms with Crippen LogP contribution in [0.3, 0.4) is 0 Å². The van der Waals surface area contributed by atoms with Crippen LogP contribution in [0.5, 0.6) is 0 Å². The van der Waals surface area contributed by atoms with Crippen molar-refractivity contribution in [3.8, 4) is 0 Å². The first-order valence-corrected chi connectivity index (χ1v) is 13.4. The molecule has 2 bridgehead atoms. The highest BCUT2D eigenvalue weighted by atomic mass is 32.2. The first-order chi connectivity index (χ1) is 14.9. The summed E-state index contributed by atoms with van der Waals surface area (Å²) in [4.78, 5) is 12.6. The average molecular weight is 449 g/mol. The molecule has 6 rings (SSSR count). The van der Waals surface area contributed by atoms with E-state index >= 15 is 0 Å². The fraction of sp³-hybridized carbons (Fsp3) is 0.818. The van der Waals surface area contributed by atoms with Crippen LogP contribution in [0, 0.1) is 5.41 Å². The summed E-state index contributed by atoms with van der Waals surface area (Å²) in [6.45, 7) is 1.32. The van der Waals surface area contributed by atoms with E-state index in [0.29, 0.717) is 43.0 Å². The van der Waals surface area contributed by atoms with Gasteiger partial charge in [-0.15, -0.1) is 0 Å². The third kappa shape index (κ3) is 3.53. The Kier molecular flexibility index (Phi) is 4.74. The van der Waals surface area contributed by atoms with Gasteiger partial charge in [0.25, 0.3) is 16.1 Å². The molecule has 2 saturated carbocycles. The molecule has 1 N–H and O–H groups in total. The highest BCUT2D eigenvalue weighted by Gasteiger charge is 2.50. The second-order valence-corrected chi connectivity index (χ2v) is 12.3. The Hall–Kier alpha value is -1.45. The van der Waals surface area contributed by atoms with E-state index in [1.807, 2.05) is 0 Å².